The van der Waals surface area contributed by atoms with Gasteiger partial charge in [-0.3, -0.25) is 0 Å². The van der Waals surface area contributed by atoms with Crippen molar-refractivity contribution in [2.75, 3.05) is 19.8 Å². The Morgan fingerprint density at radius 2 is 1.51 bits per heavy atom. The molecule has 4 rings (SSSR count). The quantitative estimate of drug-likeness (QED) is 0.145. The molecule has 1 heterocycles. The highest BCUT2D eigenvalue weighted by molar-refractivity contribution is 6.74. The van der Waals surface area contributed by atoms with Gasteiger partial charge in [0.2, 0.25) is 0 Å². The topological polar surface area (TPSA) is 40.0 Å². The summed E-state index contributed by atoms with van der Waals surface area (Å²) in [6, 6.07) is 21.6. The van der Waals surface area contributed by atoms with Crippen LogP contribution in [0.3, 0.4) is 0 Å². The molecule has 3 aromatic rings. The van der Waals surface area contributed by atoms with Crippen LogP contribution in [0.2, 0.25) is 18.1 Å². The standard InChI is InChI=1S/C33H42FNO3Si/c1-24-27(19-13-14-20-38-39(5,6)33(2,3)4)30(32-36-21-22-37-32)29(23-28(24)34)35-31(25-15-9-7-10-16-25)26-17-11-8-12-18-26/h7-12,15-18,23,32H,13-14,19-22H2,1-6H3. The molecule has 0 amide bonds. The number of unbranched alkanes of at least 4 members (excludes halogenated alkanes) is 1. The van der Waals surface area contributed by atoms with Gasteiger partial charge in [-0.15, -0.1) is 0 Å². The van der Waals surface area contributed by atoms with Crippen molar-refractivity contribution in [3.8, 4) is 0 Å². The molecule has 0 radical (unpaired) electrons. The lowest BCUT2D eigenvalue weighted by Crippen LogP contribution is -2.40. The van der Waals surface area contributed by atoms with Crippen molar-refractivity contribution in [1.29, 1.82) is 0 Å². The summed E-state index contributed by atoms with van der Waals surface area (Å²) in [5.74, 6) is -0.261. The predicted molar refractivity (Wildman–Crippen MR) is 160 cm³/mol. The van der Waals surface area contributed by atoms with Crippen LogP contribution in [0.5, 0.6) is 0 Å². The number of halogens is 1. The maximum absolute atomic E-state index is 15.5. The van der Waals surface area contributed by atoms with Gasteiger partial charge in [0.1, 0.15) is 5.82 Å². The number of hydrogen-bond donors (Lipinski definition) is 0. The lowest BCUT2D eigenvalue weighted by atomic mass is 9.94. The van der Waals surface area contributed by atoms with Crippen LogP contribution in [-0.4, -0.2) is 33.8 Å². The number of ether oxygens (including phenoxy) is 2. The van der Waals surface area contributed by atoms with Crippen LogP contribution in [0.15, 0.2) is 71.7 Å². The number of rotatable bonds is 10. The first kappa shape index (κ1) is 29.3. The van der Waals surface area contributed by atoms with Crippen molar-refractivity contribution >= 4 is 19.7 Å². The molecule has 0 aromatic heterocycles. The molecule has 0 aliphatic carbocycles. The zero-order valence-corrected chi connectivity index (χ0v) is 25.2. The zero-order valence-electron chi connectivity index (χ0n) is 24.2. The molecule has 1 aliphatic rings. The van der Waals surface area contributed by atoms with Crippen LogP contribution in [-0.2, 0) is 20.3 Å². The second kappa shape index (κ2) is 12.7. The van der Waals surface area contributed by atoms with Crippen molar-refractivity contribution < 1.29 is 18.3 Å². The van der Waals surface area contributed by atoms with E-state index in [0.717, 1.165) is 40.8 Å². The van der Waals surface area contributed by atoms with Gasteiger partial charge in [0.05, 0.1) is 24.6 Å². The monoisotopic (exact) mass is 547 g/mol. The smallest absolute Gasteiger partial charge is 0.191 e. The number of hydrogen-bond acceptors (Lipinski definition) is 4. The molecule has 1 saturated heterocycles. The summed E-state index contributed by atoms with van der Waals surface area (Å²) in [5.41, 5.74) is 5.66. The van der Waals surface area contributed by atoms with Crippen LogP contribution >= 0.6 is 0 Å². The summed E-state index contributed by atoms with van der Waals surface area (Å²) in [5, 5.41) is 0.179. The van der Waals surface area contributed by atoms with Gasteiger partial charge in [0, 0.05) is 29.4 Å². The fourth-order valence-electron chi connectivity index (χ4n) is 4.57. The summed E-state index contributed by atoms with van der Waals surface area (Å²) in [6.45, 7) is 14.9. The van der Waals surface area contributed by atoms with E-state index >= 15 is 4.39 Å². The van der Waals surface area contributed by atoms with Gasteiger partial charge in [-0.2, -0.15) is 0 Å². The molecular formula is C33H42FNO3Si. The van der Waals surface area contributed by atoms with Crippen LogP contribution < -0.4 is 0 Å². The molecule has 1 fully saturated rings. The van der Waals surface area contributed by atoms with E-state index in [9.17, 15) is 0 Å². The van der Waals surface area contributed by atoms with E-state index in [1.807, 2.05) is 67.6 Å². The second-order valence-electron chi connectivity index (χ2n) is 11.7. The minimum Gasteiger partial charge on any atom is -0.417 e. The molecule has 208 valence electrons. The molecule has 0 N–H and O–H groups in total. The van der Waals surface area contributed by atoms with Crippen molar-refractivity contribution in [2.24, 2.45) is 4.99 Å². The summed E-state index contributed by atoms with van der Waals surface area (Å²) >= 11 is 0. The van der Waals surface area contributed by atoms with Gasteiger partial charge in [0.15, 0.2) is 14.6 Å². The average Bonchev–Trinajstić information content (AvgIpc) is 3.44. The lowest BCUT2D eigenvalue weighted by Gasteiger charge is -2.36. The maximum Gasteiger partial charge on any atom is 0.191 e. The van der Waals surface area contributed by atoms with Crippen molar-refractivity contribution in [2.45, 2.75) is 71.4 Å². The van der Waals surface area contributed by atoms with Gasteiger partial charge in [0.25, 0.3) is 0 Å². The Bertz CT molecular complexity index is 1220. The Labute approximate surface area is 234 Å². The highest BCUT2D eigenvalue weighted by Crippen LogP contribution is 2.39. The van der Waals surface area contributed by atoms with E-state index in [1.54, 1.807) is 0 Å². The molecular weight excluding hydrogens is 505 g/mol. The van der Waals surface area contributed by atoms with E-state index < -0.39 is 14.6 Å². The summed E-state index contributed by atoms with van der Waals surface area (Å²) in [7, 11) is -1.80. The molecule has 0 bridgehead atoms. The maximum atomic E-state index is 15.5. The third-order valence-electron chi connectivity index (χ3n) is 7.95. The number of aliphatic imine (C=N–C) groups is 1. The Morgan fingerprint density at radius 1 is 0.949 bits per heavy atom. The van der Waals surface area contributed by atoms with E-state index in [2.05, 4.69) is 33.9 Å². The van der Waals surface area contributed by atoms with E-state index in [4.69, 9.17) is 18.9 Å². The average molecular weight is 548 g/mol. The molecule has 3 aromatic carbocycles. The number of nitrogens with zero attached hydrogens (tertiary/aromatic N) is 1. The summed E-state index contributed by atoms with van der Waals surface area (Å²) in [6.07, 6.45) is 1.93. The Balaban J connectivity index is 1.70. The Kier molecular flexibility index (Phi) is 9.54. The molecule has 0 unspecified atom stereocenters. The van der Waals surface area contributed by atoms with E-state index in [1.165, 1.54) is 6.07 Å². The number of benzene rings is 3. The predicted octanol–water partition coefficient (Wildman–Crippen LogP) is 8.69. The van der Waals surface area contributed by atoms with E-state index in [-0.39, 0.29) is 10.9 Å². The van der Waals surface area contributed by atoms with Crippen molar-refractivity contribution in [3.63, 3.8) is 0 Å². The van der Waals surface area contributed by atoms with Crippen LogP contribution in [0, 0.1) is 12.7 Å². The third kappa shape index (κ3) is 7.12. The fraction of sp³-hybridized carbons (Fsp3) is 0.424. The first-order valence-corrected chi connectivity index (χ1v) is 16.9. The molecule has 0 saturated carbocycles. The first-order valence-electron chi connectivity index (χ1n) is 14.0. The molecule has 0 spiro atoms. The van der Waals surface area contributed by atoms with Gasteiger partial charge >= 0.3 is 0 Å². The van der Waals surface area contributed by atoms with Gasteiger partial charge in [-0.1, -0.05) is 81.4 Å². The Morgan fingerprint density at radius 3 is 2.05 bits per heavy atom. The van der Waals surface area contributed by atoms with Crippen molar-refractivity contribution in [3.05, 3.63) is 100 Å². The van der Waals surface area contributed by atoms with Gasteiger partial charge in [-0.05, 0) is 55.4 Å². The Hall–Kier alpha value is -2.64. The van der Waals surface area contributed by atoms with Crippen LogP contribution in [0.25, 0.3) is 0 Å². The molecule has 4 nitrogen and oxygen atoms in total. The van der Waals surface area contributed by atoms with Gasteiger partial charge in [-0.25, -0.2) is 9.38 Å². The summed E-state index contributed by atoms with van der Waals surface area (Å²) in [4.78, 5) is 5.11. The molecule has 1 aliphatic heterocycles. The SMILES string of the molecule is Cc1c(F)cc(N=C(c2ccccc2)c2ccccc2)c(C2OCCO2)c1CCCCO[Si](C)(C)C(C)(C)C. The normalized spacial score (nSPS) is 14.5. The first-order chi connectivity index (χ1) is 18.6. The largest absolute Gasteiger partial charge is 0.417 e. The highest BCUT2D eigenvalue weighted by atomic mass is 28.4. The fourth-order valence-corrected chi connectivity index (χ4v) is 5.65. The third-order valence-corrected chi connectivity index (χ3v) is 12.5. The minimum absolute atomic E-state index is 0.179. The molecule has 39 heavy (non-hydrogen) atoms. The molecule has 0 atom stereocenters. The van der Waals surface area contributed by atoms with Crippen molar-refractivity contribution in [1.82, 2.24) is 0 Å². The zero-order chi connectivity index (χ0) is 28.0. The summed E-state index contributed by atoms with van der Waals surface area (Å²) < 4.78 is 33.8. The van der Waals surface area contributed by atoms with E-state index in [0.29, 0.717) is 37.5 Å². The van der Waals surface area contributed by atoms with Crippen LogP contribution in [0.1, 0.15) is 67.7 Å². The van der Waals surface area contributed by atoms with Crippen LogP contribution in [0.4, 0.5) is 10.1 Å². The minimum atomic E-state index is -1.80. The molecule has 6 heteroatoms. The highest BCUT2D eigenvalue weighted by Gasteiger charge is 2.36. The van der Waals surface area contributed by atoms with Gasteiger partial charge < -0.3 is 13.9 Å². The second-order valence-corrected chi connectivity index (χ2v) is 16.5. The lowest BCUT2D eigenvalue weighted by molar-refractivity contribution is -0.0443.